The average Bonchev–Trinajstić information content (AvgIpc) is 3.21. The van der Waals surface area contributed by atoms with Crippen molar-refractivity contribution in [3.63, 3.8) is 0 Å². The van der Waals surface area contributed by atoms with Gasteiger partial charge in [0.1, 0.15) is 5.82 Å². The first-order valence-corrected chi connectivity index (χ1v) is 11.4. The van der Waals surface area contributed by atoms with Gasteiger partial charge in [0.25, 0.3) is 5.91 Å². The highest BCUT2D eigenvalue weighted by atomic mass is 16.1. The summed E-state index contributed by atoms with van der Waals surface area (Å²) in [5.74, 6) is 0.372. The molecule has 2 heterocycles. The molecule has 4 nitrogen and oxygen atoms in total. The van der Waals surface area contributed by atoms with Crippen molar-refractivity contribution in [3.8, 4) is 11.3 Å². The number of para-hydroxylation sites is 1. The number of aromatic nitrogens is 2. The number of anilines is 1. The molecule has 2 aromatic heterocycles. The molecule has 5 aromatic rings. The molecule has 164 valence electrons. The highest BCUT2D eigenvalue weighted by Crippen LogP contribution is 2.31. The Kier molecular flexibility index (Phi) is 5.43. The fraction of sp³-hybridized carbons (Fsp3) is 0.172. The lowest BCUT2D eigenvalue weighted by Gasteiger charge is -2.11. The summed E-state index contributed by atoms with van der Waals surface area (Å²) in [5, 5.41) is 5.06. The summed E-state index contributed by atoms with van der Waals surface area (Å²) < 4.78 is 0. The van der Waals surface area contributed by atoms with Crippen molar-refractivity contribution >= 4 is 33.5 Å². The highest BCUT2D eigenvalue weighted by molar-refractivity contribution is 6.06. The van der Waals surface area contributed by atoms with Crippen molar-refractivity contribution in [3.05, 3.63) is 95.1 Å². The molecule has 0 bridgehead atoms. The SMILES string of the molecule is CCCc1cc(C)c(-c2cc3ccc(C(=O)Nc4ccc5ccccc5n4)cc3[nH]2)c(C)c1. The Labute approximate surface area is 193 Å². The Bertz CT molecular complexity index is 1470. The summed E-state index contributed by atoms with van der Waals surface area (Å²) in [4.78, 5) is 21.0. The second-order valence-corrected chi connectivity index (χ2v) is 8.68. The van der Waals surface area contributed by atoms with Crippen molar-refractivity contribution in [2.75, 3.05) is 5.32 Å². The van der Waals surface area contributed by atoms with Crippen LogP contribution in [0.1, 0.15) is 40.4 Å². The molecule has 1 amide bonds. The molecule has 0 aliphatic carbocycles. The van der Waals surface area contributed by atoms with Crippen molar-refractivity contribution < 1.29 is 4.79 Å². The zero-order valence-corrected chi connectivity index (χ0v) is 19.2. The standard InChI is InChI=1S/C29H27N3O/c1-4-7-20-14-18(2)28(19(3)15-20)26-16-22-10-11-23(17-25(22)30-26)29(33)32-27-13-12-21-8-5-6-9-24(21)31-27/h5-6,8-17,30H,4,7H2,1-3H3,(H,31,32,33). The number of aryl methyl sites for hydroxylation is 3. The molecule has 2 N–H and O–H groups in total. The minimum Gasteiger partial charge on any atom is -0.354 e. The van der Waals surface area contributed by atoms with Gasteiger partial charge in [0.2, 0.25) is 0 Å². The van der Waals surface area contributed by atoms with E-state index in [-0.39, 0.29) is 5.91 Å². The minimum atomic E-state index is -0.174. The van der Waals surface area contributed by atoms with Crippen LogP contribution in [0.15, 0.2) is 72.8 Å². The van der Waals surface area contributed by atoms with Gasteiger partial charge in [-0.05, 0) is 73.4 Å². The maximum atomic E-state index is 12.9. The summed E-state index contributed by atoms with van der Waals surface area (Å²) in [6.07, 6.45) is 2.24. The molecular formula is C29H27N3O. The van der Waals surface area contributed by atoms with Crippen LogP contribution in [0.3, 0.4) is 0 Å². The number of hydrogen-bond donors (Lipinski definition) is 2. The molecule has 4 heteroatoms. The molecule has 0 aliphatic heterocycles. The quantitative estimate of drug-likeness (QED) is 0.308. The number of nitrogens with zero attached hydrogens (tertiary/aromatic N) is 1. The molecule has 33 heavy (non-hydrogen) atoms. The van der Waals surface area contributed by atoms with Gasteiger partial charge >= 0.3 is 0 Å². The summed E-state index contributed by atoms with van der Waals surface area (Å²) in [5.41, 5.74) is 8.63. The number of amides is 1. The predicted molar refractivity (Wildman–Crippen MR) is 137 cm³/mol. The molecule has 3 aromatic carbocycles. The number of H-pyrrole nitrogens is 1. The largest absolute Gasteiger partial charge is 0.354 e. The predicted octanol–water partition coefficient (Wildman–Crippen LogP) is 7.20. The third-order valence-electron chi connectivity index (χ3n) is 6.13. The van der Waals surface area contributed by atoms with E-state index in [4.69, 9.17) is 0 Å². The molecule has 0 unspecified atom stereocenters. The average molecular weight is 434 g/mol. The molecule has 0 saturated carbocycles. The third kappa shape index (κ3) is 4.12. The maximum Gasteiger partial charge on any atom is 0.256 e. The van der Waals surface area contributed by atoms with Gasteiger partial charge in [-0.25, -0.2) is 4.98 Å². The van der Waals surface area contributed by atoms with E-state index in [0.717, 1.165) is 40.3 Å². The number of hydrogen-bond acceptors (Lipinski definition) is 2. The smallest absolute Gasteiger partial charge is 0.256 e. The number of pyridine rings is 1. The molecule has 0 saturated heterocycles. The molecule has 0 fully saturated rings. The first-order chi connectivity index (χ1) is 16.0. The number of carbonyl (C=O) groups excluding carboxylic acids is 1. The van der Waals surface area contributed by atoms with Gasteiger partial charge in [0, 0.05) is 33.1 Å². The molecule has 0 spiro atoms. The van der Waals surface area contributed by atoms with Crippen molar-refractivity contribution in [1.82, 2.24) is 9.97 Å². The van der Waals surface area contributed by atoms with Gasteiger partial charge in [0.05, 0.1) is 5.52 Å². The van der Waals surface area contributed by atoms with E-state index in [1.54, 1.807) is 0 Å². The van der Waals surface area contributed by atoms with E-state index in [0.29, 0.717) is 11.4 Å². The number of aromatic amines is 1. The summed E-state index contributed by atoms with van der Waals surface area (Å²) >= 11 is 0. The summed E-state index contributed by atoms with van der Waals surface area (Å²) in [6, 6.07) is 24.2. The number of nitrogens with one attached hydrogen (secondary N) is 2. The van der Waals surface area contributed by atoms with Crippen LogP contribution < -0.4 is 5.32 Å². The van der Waals surface area contributed by atoms with Crippen LogP contribution >= 0.6 is 0 Å². The van der Waals surface area contributed by atoms with Crippen LogP contribution in [-0.4, -0.2) is 15.9 Å². The molecule has 0 radical (unpaired) electrons. The van der Waals surface area contributed by atoms with E-state index in [1.165, 1.54) is 22.3 Å². The van der Waals surface area contributed by atoms with Gasteiger partial charge in [-0.2, -0.15) is 0 Å². The van der Waals surface area contributed by atoms with Gasteiger partial charge < -0.3 is 10.3 Å². The second kappa shape index (κ2) is 8.55. The number of carbonyl (C=O) groups is 1. The third-order valence-corrected chi connectivity index (χ3v) is 6.13. The molecule has 0 aliphatic rings. The first kappa shape index (κ1) is 21.0. The van der Waals surface area contributed by atoms with Crippen LogP contribution in [0.4, 0.5) is 5.82 Å². The van der Waals surface area contributed by atoms with Gasteiger partial charge in [-0.15, -0.1) is 0 Å². The van der Waals surface area contributed by atoms with E-state index in [2.05, 4.69) is 54.3 Å². The van der Waals surface area contributed by atoms with Crippen LogP contribution in [0, 0.1) is 13.8 Å². The van der Waals surface area contributed by atoms with Crippen molar-refractivity contribution in [2.45, 2.75) is 33.6 Å². The second-order valence-electron chi connectivity index (χ2n) is 8.68. The zero-order chi connectivity index (χ0) is 22.9. The Balaban J connectivity index is 1.44. The maximum absolute atomic E-state index is 12.9. The summed E-state index contributed by atoms with van der Waals surface area (Å²) in [7, 11) is 0. The molecular weight excluding hydrogens is 406 g/mol. The lowest BCUT2D eigenvalue weighted by Crippen LogP contribution is -2.12. The lowest BCUT2D eigenvalue weighted by molar-refractivity contribution is 0.102. The van der Waals surface area contributed by atoms with Crippen LogP contribution in [0.5, 0.6) is 0 Å². The van der Waals surface area contributed by atoms with E-state index >= 15 is 0 Å². The minimum absolute atomic E-state index is 0.174. The van der Waals surface area contributed by atoms with E-state index < -0.39 is 0 Å². The van der Waals surface area contributed by atoms with Crippen molar-refractivity contribution in [2.24, 2.45) is 0 Å². The first-order valence-electron chi connectivity index (χ1n) is 11.4. The Hall–Kier alpha value is -3.92. The fourth-order valence-corrected chi connectivity index (χ4v) is 4.64. The number of rotatable bonds is 5. The Morgan fingerprint density at radius 2 is 1.67 bits per heavy atom. The number of fused-ring (bicyclic) bond motifs is 2. The van der Waals surface area contributed by atoms with Crippen molar-refractivity contribution in [1.29, 1.82) is 0 Å². The van der Waals surface area contributed by atoms with Gasteiger partial charge in [-0.1, -0.05) is 49.7 Å². The van der Waals surface area contributed by atoms with Gasteiger partial charge in [0.15, 0.2) is 0 Å². The van der Waals surface area contributed by atoms with E-state index in [1.807, 2.05) is 54.6 Å². The summed E-state index contributed by atoms with van der Waals surface area (Å²) in [6.45, 7) is 6.55. The van der Waals surface area contributed by atoms with Gasteiger partial charge in [-0.3, -0.25) is 4.79 Å². The Morgan fingerprint density at radius 3 is 2.45 bits per heavy atom. The normalized spacial score (nSPS) is 11.2. The Morgan fingerprint density at radius 1 is 0.909 bits per heavy atom. The molecule has 0 atom stereocenters. The van der Waals surface area contributed by atoms with E-state index in [9.17, 15) is 4.79 Å². The molecule has 5 rings (SSSR count). The van der Waals surface area contributed by atoms with Crippen LogP contribution in [0.25, 0.3) is 33.1 Å². The fourth-order valence-electron chi connectivity index (χ4n) is 4.64. The number of benzene rings is 3. The van der Waals surface area contributed by atoms with Crippen LogP contribution in [0.2, 0.25) is 0 Å². The monoisotopic (exact) mass is 433 g/mol. The van der Waals surface area contributed by atoms with Crippen LogP contribution in [-0.2, 0) is 6.42 Å². The zero-order valence-electron chi connectivity index (χ0n) is 19.2. The highest BCUT2D eigenvalue weighted by Gasteiger charge is 2.13. The topological polar surface area (TPSA) is 57.8 Å². The lowest BCUT2D eigenvalue weighted by atomic mass is 9.95.